The molecule has 1 aliphatic heterocycles. The molecular weight excluding hydrogens is 495 g/mol. The molecule has 196 valence electrons. The number of nitrogens with zero attached hydrogens (tertiary/aromatic N) is 2. The van der Waals surface area contributed by atoms with Gasteiger partial charge in [0.15, 0.2) is 11.5 Å². The summed E-state index contributed by atoms with van der Waals surface area (Å²) in [6.45, 7) is 6.26. The largest absolute Gasteiger partial charge is 0.493 e. The van der Waals surface area contributed by atoms with E-state index in [1.165, 1.54) is 16.7 Å². The first-order chi connectivity index (χ1) is 16.7. The van der Waals surface area contributed by atoms with Gasteiger partial charge in [0.2, 0.25) is 5.75 Å². The van der Waals surface area contributed by atoms with Gasteiger partial charge in [0.25, 0.3) is 0 Å². The number of benzene rings is 3. The van der Waals surface area contributed by atoms with E-state index in [1.54, 1.807) is 21.3 Å². The Labute approximate surface area is 228 Å². The quantitative estimate of drug-likeness (QED) is 0.325. The number of ether oxygens (including phenoxy) is 3. The van der Waals surface area contributed by atoms with E-state index in [0.717, 1.165) is 45.7 Å². The van der Waals surface area contributed by atoms with Gasteiger partial charge in [0.05, 0.1) is 21.3 Å². The van der Waals surface area contributed by atoms with E-state index in [1.807, 2.05) is 0 Å². The maximum atomic E-state index is 5.52. The first-order valence-corrected chi connectivity index (χ1v) is 12.0. The van der Waals surface area contributed by atoms with Gasteiger partial charge < -0.3 is 19.1 Å². The van der Waals surface area contributed by atoms with E-state index in [0.29, 0.717) is 23.2 Å². The van der Waals surface area contributed by atoms with Crippen molar-refractivity contribution >= 4 is 24.8 Å². The van der Waals surface area contributed by atoms with Crippen LogP contribution in [0.2, 0.25) is 0 Å². The fraction of sp³-hybridized carbons (Fsp3) is 0.379. The van der Waals surface area contributed by atoms with Crippen LogP contribution in [0.1, 0.15) is 29.0 Å². The van der Waals surface area contributed by atoms with Crippen LogP contribution in [0, 0.1) is 0 Å². The van der Waals surface area contributed by atoms with Crippen LogP contribution >= 0.6 is 24.8 Å². The third kappa shape index (κ3) is 7.53. The van der Waals surface area contributed by atoms with Crippen molar-refractivity contribution in [3.8, 4) is 17.2 Å². The lowest BCUT2D eigenvalue weighted by Crippen LogP contribution is -2.46. The van der Waals surface area contributed by atoms with Gasteiger partial charge in [0.1, 0.15) is 0 Å². The van der Waals surface area contributed by atoms with Crippen molar-refractivity contribution in [1.29, 1.82) is 0 Å². The number of hydrogen-bond donors (Lipinski definition) is 0. The number of halogens is 2. The maximum Gasteiger partial charge on any atom is 0.203 e. The summed E-state index contributed by atoms with van der Waals surface area (Å²) < 4.78 is 16.5. The summed E-state index contributed by atoms with van der Waals surface area (Å²) in [5.41, 5.74) is 3.97. The van der Waals surface area contributed by atoms with Crippen molar-refractivity contribution in [1.82, 2.24) is 9.80 Å². The van der Waals surface area contributed by atoms with Crippen LogP contribution in [0.4, 0.5) is 0 Å². The zero-order valence-corrected chi connectivity index (χ0v) is 23.0. The monoisotopic (exact) mass is 532 g/mol. The van der Waals surface area contributed by atoms with Gasteiger partial charge in [-0.3, -0.25) is 4.90 Å². The van der Waals surface area contributed by atoms with E-state index in [-0.39, 0.29) is 24.8 Å². The number of hydrogen-bond acceptors (Lipinski definition) is 5. The Balaban J connectivity index is 0.00000228. The second-order valence-corrected chi connectivity index (χ2v) is 8.81. The highest BCUT2D eigenvalue weighted by Crippen LogP contribution is 2.38. The summed E-state index contributed by atoms with van der Waals surface area (Å²) in [5.74, 6) is 2.50. The lowest BCUT2D eigenvalue weighted by Gasteiger charge is -2.35. The maximum absolute atomic E-state index is 5.52. The Kier molecular flexibility index (Phi) is 12.4. The summed E-state index contributed by atoms with van der Waals surface area (Å²) >= 11 is 0. The van der Waals surface area contributed by atoms with Gasteiger partial charge in [-0.2, -0.15) is 0 Å². The molecule has 7 heteroatoms. The van der Waals surface area contributed by atoms with E-state index in [4.69, 9.17) is 14.2 Å². The topological polar surface area (TPSA) is 34.2 Å². The van der Waals surface area contributed by atoms with Crippen LogP contribution < -0.4 is 14.2 Å². The lowest BCUT2D eigenvalue weighted by atomic mass is 9.88. The molecule has 0 aromatic heterocycles. The SMILES string of the molecule is COc1cc(CN2CCN(CCC(c3ccccc3)c3ccccc3)CC2)cc(OC)c1OC.Cl.Cl. The molecule has 0 radical (unpaired) electrons. The van der Waals surface area contributed by atoms with Crippen molar-refractivity contribution in [3.05, 3.63) is 89.5 Å². The Bertz CT molecular complexity index is 965. The smallest absolute Gasteiger partial charge is 0.203 e. The van der Waals surface area contributed by atoms with Gasteiger partial charge >= 0.3 is 0 Å². The van der Waals surface area contributed by atoms with Crippen molar-refractivity contribution in [2.24, 2.45) is 0 Å². The van der Waals surface area contributed by atoms with Gasteiger partial charge in [-0.15, -0.1) is 24.8 Å². The molecule has 1 aliphatic rings. The fourth-order valence-corrected chi connectivity index (χ4v) is 4.86. The molecule has 3 aromatic rings. The molecule has 0 saturated carbocycles. The predicted molar refractivity (Wildman–Crippen MR) is 152 cm³/mol. The zero-order valence-electron chi connectivity index (χ0n) is 21.4. The normalized spacial score (nSPS) is 14.0. The van der Waals surface area contributed by atoms with E-state index in [9.17, 15) is 0 Å². The minimum absolute atomic E-state index is 0. The molecule has 5 nitrogen and oxygen atoms in total. The minimum atomic E-state index is 0. The minimum Gasteiger partial charge on any atom is -0.493 e. The number of methoxy groups -OCH3 is 3. The molecule has 1 saturated heterocycles. The van der Waals surface area contributed by atoms with Gasteiger partial charge in [-0.05, 0) is 41.8 Å². The predicted octanol–water partition coefficient (Wildman–Crippen LogP) is 5.90. The molecule has 1 heterocycles. The van der Waals surface area contributed by atoms with Crippen LogP contribution in [0.3, 0.4) is 0 Å². The molecular formula is C29H38Cl2N2O3. The second kappa shape index (κ2) is 15.0. The van der Waals surface area contributed by atoms with Crippen molar-refractivity contribution < 1.29 is 14.2 Å². The Hall–Kier alpha value is -2.44. The van der Waals surface area contributed by atoms with E-state index >= 15 is 0 Å². The van der Waals surface area contributed by atoms with E-state index < -0.39 is 0 Å². The Morgan fingerprint density at radius 2 is 1.14 bits per heavy atom. The molecule has 4 rings (SSSR count). The lowest BCUT2D eigenvalue weighted by molar-refractivity contribution is 0.125. The highest BCUT2D eigenvalue weighted by Gasteiger charge is 2.21. The summed E-state index contributed by atoms with van der Waals surface area (Å²) in [6.07, 6.45) is 1.13. The fourth-order valence-electron chi connectivity index (χ4n) is 4.86. The highest BCUT2D eigenvalue weighted by atomic mass is 35.5. The molecule has 0 atom stereocenters. The van der Waals surface area contributed by atoms with Crippen molar-refractivity contribution in [2.45, 2.75) is 18.9 Å². The molecule has 0 bridgehead atoms. The van der Waals surface area contributed by atoms with Crippen LogP contribution in [0.15, 0.2) is 72.8 Å². The van der Waals surface area contributed by atoms with Gasteiger partial charge in [-0.25, -0.2) is 0 Å². The van der Waals surface area contributed by atoms with Crippen LogP contribution in [0.5, 0.6) is 17.2 Å². The van der Waals surface area contributed by atoms with Crippen molar-refractivity contribution in [3.63, 3.8) is 0 Å². The number of piperazine rings is 1. The molecule has 1 fully saturated rings. The average Bonchev–Trinajstić information content (AvgIpc) is 2.90. The Morgan fingerprint density at radius 3 is 1.58 bits per heavy atom. The second-order valence-electron chi connectivity index (χ2n) is 8.81. The number of rotatable bonds is 10. The van der Waals surface area contributed by atoms with E-state index in [2.05, 4.69) is 82.6 Å². The third-order valence-corrected chi connectivity index (χ3v) is 6.73. The van der Waals surface area contributed by atoms with Crippen LogP contribution in [-0.2, 0) is 6.54 Å². The first-order valence-electron chi connectivity index (χ1n) is 12.0. The Morgan fingerprint density at radius 1 is 0.667 bits per heavy atom. The molecule has 3 aromatic carbocycles. The summed E-state index contributed by atoms with van der Waals surface area (Å²) in [5, 5.41) is 0. The summed E-state index contributed by atoms with van der Waals surface area (Å²) in [4.78, 5) is 5.10. The molecule has 0 aliphatic carbocycles. The molecule has 0 N–H and O–H groups in total. The summed E-state index contributed by atoms with van der Waals surface area (Å²) in [6, 6.07) is 25.9. The average molecular weight is 534 g/mol. The third-order valence-electron chi connectivity index (χ3n) is 6.73. The van der Waals surface area contributed by atoms with Crippen LogP contribution in [0.25, 0.3) is 0 Å². The zero-order chi connectivity index (χ0) is 23.8. The first kappa shape index (κ1) is 29.8. The standard InChI is InChI=1S/C29H36N2O3.2ClH/c1-32-27-20-23(21-28(33-2)29(27)34-3)22-31-18-16-30(17-19-31)15-14-26(24-10-6-4-7-11-24)25-12-8-5-9-13-25;;/h4-13,20-21,26H,14-19,22H2,1-3H3;2*1H. The molecule has 0 amide bonds. The molecule has 0 unspecified atom stereocenters. The van der Waals surface area contributed by atoms with Gasteiger partial charge in [0, 0.05) is 38.6 Å². The summed E-state index contributed by atoms with van der Waals surface area (Å²) in [7, 11) is 4.97. The highest BCUT2D eigenvalue weighted by molar-refractivity contribution is 5.85. The van der Waals surface area contributed by atoms with Crippen LogP contribution in [-0.4, -0.2) is 63.9 Å². The molecule has 0 spiro atoms. The van der Waals surface area contributed by atoms with Gasteiger partial charge in [-0.1, -0.05) is 60.7 Å². The van der Waals surface area contributed by atoms with Crippen molar-refractivity contribution in [2.75, 3.05) is 54.1 Å². The molecule has 36 heavy (non-hydrogen) atoms.